The standard InChI is InChI=1S/C20H15ClO4S/c1-24-20(22)14-9-10-25-18-15-11-13(21)7-8-16(15)26(23)19(18)17(14)12-5-3-2-4-6-12/h2-9,11,17H,10H2,1H3/t17-,26?/m0/s1. The van der Waals surface area contributed by atoms with Gasteiger partial charge in [-0.25, -0.2) is 9.00 Å². The van der Waals surface area contributed by atoms with Gasteiger partial charge in [-0.05, 0) is 29.8 Å². The van der Waals surface area contributed by atoms with Crippen molar-refractivity contribution in [1.29, 1.82) is 0 Å². The number of ether oxygens (including phenoxy) is 2. The summed E-state index contributed by atoms with van der Waals surface area (Å²) in [5, 5.41) is 0.541. The largest absolute Gasteiger partial charge is 0.488 e. The van der Waals surface area contributed by atoms with Crippen LogP contribution in [0.5, 0.6) is 0 Å². The van der Waals surface area contributed by atoms with Crippen molar-refractivity contribution in [2.24, 2.45) is 0 Å². The number of benzene rings is 2. The Morgan fingerprint density at radius 2 is 2.00 bits per heavy atom. The van der Waals surface area contributed by atoms with E-state index in [9.17, 15) is 9.00 Å². The van der Waals surface area contributed by atoms with Crippen LogP contribution in [0.1, 0.15) is 17.0 Å². The van der Waals surface area contributed by atoms with E-state index in [2.05, 4.69) is 0 Å². The van der Waals surface area contributed by atoms with E-state index >= 15 is 0 Å². The Morgan fingerprint density at radius 1 is 1.23 bits per heavy atom. The molecule has 26 heavy (non-hydrogen) atoms. The van der Waals surface area contributed by atoms with E-state index in [0.29, 0.717) is 31.7 Å². The molecule has 0 spiro atoms. The molecule has 6 heteroatoms. The van der Waals surface area contributed by atoms with E-state index in [1.807, 2.05) is 30.3 Å². The third-order valence-corrected chi connectivity index (χ3v) is 6.28. The fourth-order valence-corrected chi connectivity index (χ4v) is 5.10. The predicted molar refractivity (Wildman–Crippen MR) is 100 cm³/mol. The van der Waals surface area contributed by atoms with Crippen molar-refractivity contribution in [2.75, 3.05) is 13.7 Å². The van der Waals surface area contributed by atoms with E-state index in [0.717, 1.165) is 5.56 Å². The fourth-order valence-electron chi connectivity index (χ4n) is 3.33. The molecule has 0 radical (unpaired) electrons. The molecule has 1 unspecified atom stereocenters. The molecule has 0 saturated heterocycles. The monoisotopic (exact) mass is 386 g/mol. The number of carbonyl (C=O) groups is 1. The Labute approximate surface area is 158 Å². The molecule has 0 bridgehead atoms. The number of allylic oxidation sites excluding steroid dienone is 1. The molecule has 4 nitrogen and oxygen atoms in total. The number of hydrogen-bond donors (Lipinski definition) is 0. The molecule has 132 valence electrons. The molecule has 2 aromatic rings. The van der Waals surface area contributed by atoms with E-state index in [1.165, 1.54) is 7.11 Å². The second kappa shape index (κ2) is 6.74. The maximum atomic E-state index is 13.3. The van der Waals surface area contributed by atoms with E-state index in [-0.39, 0.29) is 6.61 Å². The first kappa shape index (κ1) is 17.1. The van der Waals surface area contributed by atoms with Gasteiger partial charge in [-0.2, -0.15) is 0 Å². The lowest BCUT2D eigenvalue weighted by atomic mass is 9.89. The van der Waals surface area contributed by atoms with Gasteiger partial charge >= 0.3 is 5.97 Å². The number of fused-ring (bicyclic) bond motifs is 2. The van der Waals surface area contributed by atoms with Gasteiger partial charge in [0, 0.05) is 16.2 Å². The molecular weight excluding hydrogens is 372 g/mol. The summed E-state index contributed by atoms with van der Waals surface area (Å²) in [6.07, 6.45) is 1.70. The summed E-state index contributed by atoms with van der Waals surface area (Å²) in [6.45, 7) is 0.190. The van der Waals surface area contributed by atoms with Crippen molar-refractivity contribution in [1.82, 2.24) is 0 Å². The summed E-state index contributed by atoms with van der Waals surface area (Å²) in [4.78, 5) is 13.6. The lowest BCUT2D eigenvalue weighted by Crippen LogP contribution is -2.16. The van der Waals surface area contributed by atoms with Gasteiger partial charge < -0.3 is 9.47 Å². The van der Waals surface area contributed by atoms with E-state index < -0.39 is 22.7 Å². The highest BCUT2D eigenvalue weighted by Crippen LogP contribution is 2.48. The van der Waals surface area contributed by atoms with Gasteiger partial charge in [0.1, 0.15) is 12.4 Å². The van der Waals surface area contributed by atoms with Gasteiger partial charge in [0.15, 0.2) is 0 Å². The average Bonchev–Trinajstić information content (AvgIpc) is 2.82. The highest BCUT2D eigenvalue weighted by atomic mass is 35.5. The summed E-state index contributed by atoms with van der Waals surface area (Å²) in [5.74, 6) is -0.430. The van der Waals surface area contributed by atoms with Crippen LogP contribution in [0.15, 0.2) is 70.0 Å². The molecule has 0 saturated carbocycles. The van der Waals surface area contributed by atoms with Gasteiger partial charge in [0.25, 0.3) is 0 Å². The molecule has 2 aromatic carbocycles. The van der Waals surface area contributed by atoms with Crippen LogP contribution in [0.25, 0.3) is 5.76 Å². The van der Waals surface area contributed by atoms with Crippen molar-refractivity contribution in [3.63, 3.8) is 0 Å². The highest BCUT2D eigenvalue weighted by Gasteiger charge is 2.40. The van der Waals surface area contributed by atoms with Gasteiger partial charge in [0.2, 0.25) is 0 Å². The van der Waals surface area contributed by atoms with E-state index in [1.54, 1.807) is 24.3 Å². The van der Waals surface area contributed by atoms with Crippen molar-refractivity contribution < 1.29 is 18.5 Å². The highest BCUT2D eigenvalue weighted by molar-refractivity contribution is 7.89. The summed E-state index contributed by atoms with van der Waals surface area (Å²) in [7, 11) is -0.116. The molecule has 2 atom stereocenters. The second-order valence-electron chi connectivity index (χ2n) is 5.91. The Hall–Kier alpha value is -2.37. The Kier molecular flexibility index (Phi) is 4.42. The maximum Gasteiger partial charge on any atom is 0.334 e. The second-order valence-corrected chi connectivity index (χ2v) is 7.76. The van der Waals surface area contributed by atoms with Crippen LogP contribution in [0.3, 0.4) is 0 Å². The predicted octanol–water partition coefficient (Wildman–Crippen LogP) is 4.04. The molecule has 0 N–H and O–H groups in total. The maximum absolute atomic E-state index is 13.3. The third-order valence-electron chi connectivity index (χ3n) is 4.47. The van der Waals surface area contributed by atoms with Crippen LogP contribution in [0.2, 0.25) is 5.02 Å². The summed E-state index contributed by atoms with van der Waals surface area (Å²) in [6, 6.07) is 14.7. The number of halogens is 1. The molecule has 2 heterocycles. The SMILES string of the molecule is COC(=O)C1=CCOC2=C([C@H]1c1ccccc1)S(=O)c1ccc(Cl)cc12. The molecule has 0 aromatic heterocycles. The number of methoxy groups -OCH3 is 1. The Bertz CT molecular complexity index is 979. The lowest BCUT2D eigenvalue weighted by Gasteiger charge is -2.19. The zero-order valence-electron chi connectivity index (χ0n) is 13.9. The summed E-state index contributed by atoms with van der Waals surface area (Å²) in [5.41, 5.74) is 2.00. The smallest absolute Gasteiger partial charge is 0.334 e. The number of carbonyl (C=O) groups excluding carboxylic acids is 1. The summed E-state index contributed by atoms with van der Waals surface area (Å²) < 4.78 is 24.2. The van der Waals surface area contributed by atoms with Crippen molar-refractivity contribution in [2.45, 2.75) is 10.8 Å². The minimum Gasteiger partial charge on any atom is -0.488 e. The first-order valence-electron chi connectivity index (χ1n) is 8.03. The zero-order chi connectivity index (χ0) is 18.3. The molecular formula is C20H15ClO4S. The first-order valence-corrected chi connectivity index (χ1v) is 9.56. The van der Waals surface area contributed by atoms with Gasteiger partial charge in [-0.3, -0.25) is 0 Å². The lowest BCUT2D eigenvalue weighted by molar-refractivity contribution is -0.136. The number of esters is 1. The Balaban J connectivity index is 1.95. The minimum atomic E-state index is -1.46. The van der Waals surface area contributed by atoms with Crippen LogP contribution < -0.4 is 0 Å². The number of rotatable bonds is 2. The van der Waals surface area contributed by atoms with Crippen LogP contribution in [-0.2, 0) is 25.1 Å². The topological polar surface area (TPSA) is 52.6 Å². The van der Waals surface area contributed by atoms with Crippen LogP contribution in [0.4, 0.5) is 0 Å². The van der Waals surface area contributed by atoms with Gasteiger partial charge in [0.05, 0.1) is 33.6 Å². The van der Waals surface area contributed by atoms with Gasteiger partial charge in [-0.15, -0.1) is 0 Å². The quantitative estimate of drug-likeness (QED) is 0.731. The molecule has 4 rings (SSSR count). The summed E-state index contributed by atoms with van der Waals surface area (Å²) >= 11 is 6.13. The molecule has 2 aliphatic rings. The van der Waals surface area contributed by atoms with Gasteiger partial charge in [-0.1, -0.05) is 41.9 Å². The number of hydrogen-bond acceptors (Lipinski definition) is 4. The minimum absolute atomic E-state index is 0.190. The van der Waals surface area contributed by atoms with Crippen LogP contribution >= 0.6 is 11.6 Å². The van der Waals surface area contributed by atoms with Crippen molar-refractivity contribution in [3.8, 4) is 0 Å². The average molecular weight is 387 g/mol. The van der Waals surface area contributed by atoms with Crippen LogP contribution in [-0.4, -0.2) is 23.9 Å². The Morgan fingerprint density at radius 3 is 2.73 bits per heavy atom. The molecule has 0 aliphatic carbocycles. The molecule has 0 fully saturated rings. The molecule has 0 amide bonds. The van der Waals surface area contributed by atoms with E-state index in [4.69, 9.17) is 21.1 Å². The first-order chi connectivity index (χ1) is 12.6. The zero-order valence-corrected chi connectivity index (χ0v) is 15.5. The van der Waals surface area contributed by atoms with Crippen molar-refractivity contribution >= 4 is 34.1 Å². The third kappa shape index (κ3) is 2.68. The fraction of sp³-hybridized carbons (Fsp3) is 0.150. The normalized spacial score (nSPS) is 21.2. The van der Waals surface area contributed by atoms with Crippen molar-refractivity contribution in [3.05, 3.63) is 81.2 Å². The van der Waals surface area contributed by atoms with Crippen LogP contribution in [0, 0.1) is 0 Å². The molecule has 2 aliphatic heterocycles.